The minimum Gasteiger partial charge on any atom is -0.455 e. The summed E-state index contributed by atoms with van der Waals surface area (Å²) < 4.78 is 6.90. The van der Waals surface area contributed by atoms with E-state index in [1.54, 1.807) is 0 Å². The van der Waals surface area contributed by atoms with Gasteiger partial charge in [-0.25, -0.2) is 4.98 Å². The monoisotopic (exact) mass is 598 g/mol. The van der Waals surface area contributed by atoms with Crippen molar-refractivity contribution in [3.63, 3.8) is 0 Å². The fourth-order valence-electron chi connectivity index (χ4n) is 7.32. The van der Waals surface area contributed by atoms with Crippen molar-refractivity contribution in [2.24, 2.45) is 0 Å². The van der Waals surface area contributed by atoms with Crippen LogP contribution in [0, 0.1) is 0 Å². The van der Waals surface area contributed by atoms with Crippen molar-refractivity contribution in [3.05, 3.63) is 158 Å². The zero-order valence-electron chi connectivity index (χ0n) is 25.3. The molecule has 0 aliphatic rings. The molecule has 0 aliphatic carbocycles. The number of para-hydroxylation sites is 1. The molecule has 2 heterocycles. The molecule has 218 valence electrons. The Hall–Kier alpha value is -6.32. The summed E-state index contributed by atoms with van der Waals surface area (Å²) in [5.74, 6) is 0. The summed E-state index contributed by atoms with van der Waals surface area (Å²) >= 11 is 0. The Morgan fingerprint density at radius 3 is 1.83 bits per heavy atom. The lowest BCUT2D eigenvalue weighted by molar-refractivity contribution is 0.671. The number of furan rings is 1. The summed E-state index contributed by atoms with van der Waals surface area (Å²) in [5.41, 5.74) is 9.85. The Morgan fingerprint density at radius 1 is 0.404 bits per heavy atom. The van der Waals surface area contributed by atoms with E-state index in [0.717, 1.165) is 77.3 Å². The number of hydrogen-bond acceptors (Lipinski definition) is 3. The van der Waals surface area contributed by atoms with Crippen LogP contribution in [0.1, 0.15) is 0 Å². The largest absolute Gasteiger partial charge is 0.455 e. The molecule has 3 nitrogen and oxygen atoms in total. The van der Waals surface area contributed by atoms with Gasteiger partial charge in [0, 0.05) is 38.2 Å². The summed E-state index contributed by atoms with van der Waals surface area (Å²) in [6.07, 6.45) is 1.91. The van der Waals surface area contributed by atoms with Crippen LogP contribution in [-0.4, -0.2) is 9.97 Å². The number of hydrogen-bond donors (Lipinski definition) is 0. The standard InChI is InChI=1S/C44H26N2O/c1-2-12-27(13-3-1)32-22-11-23-37-40-31-17-5-4-14-29(31)25-38(44(40)47-43(32)37)28-15-10-16-30(24-28)39-26-45-41-35-20-8-6-18-33(35)34-19-7-9-21-36(34)42(41)46-39/h1-26H. The SMILES string of the molecule is c1ccc(-c2cccc3c2oc2c(-c4cccc(-c5cnc6c7ccccc7c7ccccc7c6n5)c4)cc4ccccc4c23)cc1. The Bertz CT molecular complexity index is 2810. The first kappa shape index (κ1) is 26.0. The van der Waals surface area contributed by atoms with E-state index in [2.05, 4.69) is 146 Å². The van der Waals surface area contributed by atoms with Gasteiger partial charge in [-0.1, -0.05) is 140 Å². The topological polar surface area (TPSA) is 38.9 Å². The van der Waals surface area contributed by atoms with E-state index in [1.165, 1.54) is 21.5 Å². The minimum absolute atomic E-state index is 0.841. The van der Waals surface area contributed by atoms with E-state index in [4.69, 9.17) is 14.4 Å². The molecule has 3 heteroatoms. The third-order valence-electron chi connectivity index (χ3n) is 9.47. The first-order valence-electron chi connectivity index (χ1n) is 15.9. The lowest BCUT2D eigenvalue weighted by Crippen LogP contribution is -1.92. The van der Waals surface area contributed by atoms with Crippen LogP contribution in [-0.2, 0) is 0 Å². The molecular weight excluding hydrogens is 572 g/mol. The molecule has 0 N–H and O–H groups in total. The van der Waals surface area contributed by atoms with Gasteiger partial charge in [0.1, 0.15) is 11.2 Å². The van der Waals surface area contributed by atoms with Crippen molar-refractivity contribution in [2.75, 3.05) is 0 Å². The normalized spacial score (nSPS) is 11.8. The maximum absolute atomic E-state index is 6.90. The van der Waals surface area contributed by atoms with E-state index in [1.807, 2.05) is 12.3 Å². The van der Waals surface area contributed by atoms with Gasteiger partial charge >= 0.3 is 0 Å². The molecule has 8 aromatic carbocycles. The van der Waals surface area contributed by atoms with Gasteiger partial charge in [0.15, 0.2) is 0 Å². The van der Waals surface area contributed by atoms with Crippen LogP contribution in [0.25, 0.3) is 98.8 Å². The zero-order chi connectivity index (χ0) is 30.9. The molecule has 0 amide bonds. The number of benzene rings is 8. The Balaban J connectivity index is 1.21. The van der Waals surface area contributed by atoms with E-state index < -0.39 is 0 Å². The van der Waals surface area contributed by atoms with Crippen LogP contribution in [0.3, 0.4) is 0 Å². The first-order chi connectivity index (χ1) is 23.3. The number of rotatable bonds is 3. The van der Waals surface area contributed by atoms with Gasteiger partial charge in [-0.3, -0.25) is 4.98 Å². The van der Waals surface area contributed by atoms with Crippen molar-refractivity contribution >= 4 is 65.3 Å². The molecule has 10 aromatic rings. The van der Waals surface area contributed by atoms with Gasteiger partial charge in [-0.2, -0.15) is 0 Å². The maximum Gasteiger partial charge on any atom is 0.143 e. The highest BCUT2D eigenvalue weighted by Gasteiger charge is 2.19. The molecule has 0 aliphatic heterocycles. The van der Waals surface area contributed by atoms with Crippen LogP contribution < -0.4 is 0 Å². The summed E-state index contributed by atoms with van der Waals surface area (Å²) in [4.78, 5) is 10.3. The van der Waals surface area contributed by atoms with Crippen molar-refractivity contribution in [1.82, 2.24) is 9.97 Å². The number of aromatic nitrogens is 2. The summed E-state index contributed by atoms with van der Waals surface area (Å²) in [5, 5.41) is 9.24. The summed E-state index contributed by atoms with van der Waals surface area (Å²) in [6.45, 7) is 0. The average molecular weight is 599 g/mol. The first-order valence-corrected chi connectivity index (χ1v) is 15.9. The van der Waals surface area contributed by atoms with Gasteiger partial charge in [-0.15, -0.1) is 0 Å². The molecule has 0 fully saturated rings. The molecule has 0 radical (unpaired) electrons. The predicted octanol–water partition coefficient (Wildman–Crippen LogP) is 12.0. The van der Waals surface area contributed by atoms with E-state index in [0.29, 0.717) is 0 Å². The van der Waals surface area contributed by atoms with Gasteiger partial charge in [0.25, 0.3) is 0 Å². The molecule has 0 saturated carbocycles. The average Bonchev–Trinajstić information content (AvgIpc) is 3.55. The van der Waals surface area contributed by atoms with Crippen LogP contribution in [0.2, 0.25) is 0 Å². The lowest BCUT2D eigenvalue weighted by Gasteiger charge is -2.11. The van der Waals surface area contributed by atoms with Gasteiger partial charge < -0.3 is 4.42 Å². The molecule has 2 aromatic heterocycles. The summed E-state index contributed by atoms with van der Waals surface area (Å²) in [6, 6.07) is 53.3. The third-order valence-corrected chi connectivity index (χ3v) is 9.47. The van der Waals surface area contributed by atoms with Crippen LogP contribution in [0.5, 0.6) is 0 Å². The maximum atomic E-state index is 6.90. The molecule has 47 heavy (non-hydrogen) atoms. The Kier molecular flexibility index (Phi) is 5.57. The van der Waals surface area contributed by atoms with Crippen LogP contribution in [0.15, 0.2) is 162 Å². The van der Waals surface area contributed by atoms with Gasteiger partial charge in [0.2, 0.25) is 0 Å². The third kappa shape index (κ3) is 3.93. The highest BCUT2D eigenvalue weighted by Crippen LogP contribution is 2.44. The molecule has 0 atom stereocenters. The quantitative estimate of drug-likeness (QED) is 0.190. The Labute approximate surface area is 270 Å². The van der Waals surface area contributed by atoms with Gasteiger partial charge in [-0.05, 0) is 44.8 Å². The molecule has 0 saturated heterocycles. The fraction of sp³-hybridized carbons (Fsp3) is 0. The van der Waals surface area contributed by atoms with E-state index in [-0.39, 0.29) is 0 Å². The second-order valence-electron chi connectivity index (χ2n) is 12.1. The van der Waals surface area contributed by atoms with Crippen LogP contribution >= 0.6 is 0 Å². The fourth-order valence-corrected chi connectivity index (χ4v) is 7.32. The van der Waals surface area contributed by atoms with Gasteiger partial charge in [0.05, 0.1) is 22.9 Å². The van der Waals surface area contributed by atoms with Crippen molar-refractivity contribution < 1.29 is 4.42 Å². The van der Waals surface area contributed by atoms with Crippen molar-refractivity contribution in [1.29, 1.82) is 0 Å². The number of fused-ring (bicyclic) bond motifs is 11. The van der Waals surface area contributed by atoms with Crippen molar-refractivity contribution in [3.8, 4) is 33.5 Å². The minimum atomic E-state index is 0.841. The second-order valence-corrected chi connectivity index (χ2v) is 12.1. The summed E-state index contributed by atoms with van der Waals surface area (Å²) in [7, 11) is 0. The van der Waals surface area contributed by atoms with E-state index >= 15 is 0 Å². The van der Waals surface area contributed by atoms with Crippen molar-refractivity contribution in [2.45, 2.75) is 0 Å². The van der Waals surface area contributed by atoms with Crippen LogP contribution in [0.4, 0.5) is 0 Å². The lowest BCUT2D eigenvalue weighted by atomic mass is 9.94. The highest BCUT2D eigenvalue weighted by molar-refractivity contribution is 6.25. The van der Waals surface area contributed by atoms with E-state index in [9.17, 15) is 0 Å². The second kappa shape index (κ2) is 10.1. The molecule has 10 rings (SSSR count). The number of nitrogens with zero attached hydrogens (tertiary/aromatic N) is 2. The highest BCUT2D eigenvalue weighted by atomic mass is 16.3. The smallest absolute Gasteiger partial charge is 0.143 e. The predicted molar refractivity (Wildman–Crippen MR) is 196 cm³/mol. The molecule has 0 spiro atoms. The molecule has 0 unspecified atom stereocenters. The zero-order valence-corrected chi connectivity index (χ0v) is 25.3. The Morgan fingerprint density at radius 2 is 1.02 bits per heavy atom. The molecule has 0 bridgehead atoms. The molecular formula is C44H26N2O.